The van der Waals surface area contributed by atoms with E-state index in [0.717, 1.165) is 6.42 Å². The number of aromatic nitrogens is 2. The van der Waals surface area contributed by atoms with Crippen LogP contribution in [0.3, 0.4) is 0 Å². The summed E-state index contributed by atoms with van der Waals surface area (Å²) >= 11 is 1.91. The van der Waals surface area contributed by atoms with Gasteiger partial charge in [-0.2, -0.15) is 0 Å². The topological polar surface area (TPSA) is 9.86 Å². The van der Waals surface area contributed by atoms with Crippen molar-refractivity contribution in [3.8, 4) is 22.5 Å². The number of benzene rings is 7. The van der Waals surface area contributed by atoms with Crippen molar-refractivity contribution < 1.29 is 0 Å². The van der Waals surface area contributed by atoms with E-state index in [9.17, 15) is 0 Å². The summed E-state index contributed by atoms with van der Waals surface area (Å²) in [5, 5.41) is 9.10. The molecule has 0 spiro atoms. The van der Waals surface area contributed by atoms with Crippen LogP contribution in [0.1, 0.15) is 18.2 Å². The maximum atomic E-state index is 2.58. The standard InChI is InChI=1S/C47H32N2S/c1-29-19-23-36-42(25-29)49(33-13-3-2-4-14-33)47-45(36)38(28-44-46(47)37-16-8-10-18-43(37)50-44)32-21-24-41-39(27-32)35-15-7-9-17-40(35)48(41)34-22-20-30-11-5-6-12-31(30)26-34/h2-24,26-29H,25H2,1H3. The van der Waals surface area contributed by atoms with Crippen LogP contribution in [-0.2, 0) is 6.42 Å². The minimum Gasteiger partial charge on any atom is -0.312 e. The third kappa shape index (κ3) is 3.95. The Bertz CT molecular complexity index is 3020. The van der Waals surface area contributed by atoms with Gasteiger partial charge in [-0.25, -0.2) is 0 Å². The van der Waals surface area contributed by atoms with Gasteiger partial charge in [0.05, 0.1) is 16.6 Å². The fourth-order valence-electron chi connectivity index (χ4n) is 8.60. The number of allylic oxidation sites excluding steroid dienone is 1. The summed E-state index contributed by atoms with van der Waals surface area (Å²) in [6, 6.07) is 53.9. The minimum absolute atomic E-state index is 0.477. The van der Waals surface area contributed by atoms with E-state index in [2.05, 4.69) is 174 Å². The molecule has 0 N–H and O–H groups in total. The van der Waals surface area contributed by atoms with Crippen LogP contribution in [0.15, 0.2) is 152 Å². The van der Waals surface area contributed by atoms with Crippen LogP contribution in [0.2, 0.25) is 0 Å². The number of hydrogen-bond acceptors (Lipinski definition) is 1. The third-order valence-corrected chi connectivity index (χ3v) is 11.9. The second-order valence-electron chi connectivity index (χ2n) is 13.8. The third-order valence-electron chi connectivity index (χ3n) is 10.8. The molecule has 0 amide bonds. The van der Waals surface area contributed by atoms with E-state index >= 15 is 0 Å². The molecule has 7 aromatic carbocycles. The fourth-order valence-corrected chi connectivity index (χ4v) is 9.75. The first kappa shape index (κ1) is 28.0. The van der Waals surface area contributed by atoms with Gasteiger partial charge >= 0.3 is 0 Å². The predicted octanol–water partition coefficient (Wildman–Crippen LogP) is 13.1. The molecule has 11 rings (SSSR count). The van der Waals surface area contributed by atoms with Gasteiger partial charge in [-0.3, -0.25) is 0 Å². The predicted molar refractivity (Wildman–Crippen MR) is 215 cm³/mol. The molecule has 10 aromatic rings. The quantitative estimate of drug-likeness (QED) is 0.179. The molecule has 0 saturated heterocycles. The molecular formula is C47H32N2S. The molecule has 2 nitrogen and oxygen atoms in total. The number of nitrogens with zero attached hydrogens (tertiary/aromatic N) is 2. The van der Waals surface area contributed by atoms with Crippen molar-refractivity contribution in [1.82, 2.24) is 9.13 Å². The van der Waals surface area contributed by atoms with Gasteiger partial charge in [-0.1, -0.05) is 110 Å². The molecule has 1 unspecified atom stereocenters. The summed E-state index contributed by atoms with van der Waals surface area (Å²) in [6.45, 7) is 2.34. The Morgan fingerprint density at radius 3 is 2.22 bits per heavy atom. The lowest BCUT2D eigenvalue weighted by molar-refractivity contribution is 0.691. The zero-order chi connectivity index (χ0) is 32.9. The molecule has 1 aliphatic carbocycles. The molecule has 0 bridgehead atoms. The van der Waals surface area contributed by atoms with Crippen LogP contribution in [0.5, 0.6) is 0 Å². The van der Waals surface area contributed by atoms with Crippen LogP contribution in [0, 0.1) is 5.92 Å². The van der Waals surface area contributed by atoms with Gasteiger partial charge in [0, 0.05) is 59.0 Å². The Balaban J connectivity index is 1.25. The maximum absolute atomic E-state index is 2.58. The lowest BCUT2D eigenvalue weighted by Gasteiger charge is -2.17. The van der Waals surface area contributed by atoms with Crippen LogP contribution in [0.25, 0.3) is 92.2 Å². The molecule has 1 atom stereocenters. The average molecular weight is 657 g/mol. The Morgan fingerprint density at radius 2 is 1.32 bits per heavy atom. The molecule has 3 heterocycles. The van der Waals surface area contributed by atoms with Crippen molar-refractivity contribution in [2.75, 3.05) is 0 Å². The molecule has 3 aromatic heterocycles. The van der Waals surface area contributed by atoms with Crippen molar-refractivity contribution in [3.05, 3.63) is 163 Å². The first-order valence-corrected chi connectivity index (χ1v) is 18.3. The monoisotopic (exact) mass is 656 g/mol. The first-order chi connectivity index (χ1) is 24.7. The van der Waals surface area contributed by atoms with E-state index in [1.165, 1.54) is 97.4 Å². The van der Waals surface area contributed by atoms with E-state index < -0.39 is 0 Å². The molecule has 3 heteroatoms. The van der Waals surface area contributed by atoms with Crippen LogP contribution >= 0.6 is 11.3 Å². The molecule has 0 radical (unpaired) electrons. The summed E-state index contributed by atoms with van der Waals surface area (Å²) in [4.78, 5) is 0. The number of para-hydroxylation sites is 2. The lowest BCUT2D eigenvalue weighted by atomic mass is 9.91. The van der Waals surface area contributed by atoms with E-state index in [4.69, 9.17) is 0 Å². The number of rotatable bonds is 3. The van der Waals surface area contributed by atoms with Crippen LogP contribution < -0.4 is 0 Å². The van der Waals surface area contributed by atoms with Gasteiger partial charge in [0.2, 0.25) is 0 Å². The number of thiophene rings is 1. The molecule has 50 heavy (non-hydrogen) atoms. The van der Waals surface area contributed by atoms with Gasteiger partial charge in [0.25, 0.3) is 0 Å². The summed E-state index contributed by atoms with van der Waals surface area (Å²) in [5.41, 5.74) is 11.5. The molecule has 236 valence electrons. The van der Waals surface area contributed by atoms with E-state index in [1.807, 2.05) is 11.3 Å². The van der Waals surface area contributed by atoms with E-state index in [1.54, 1.807) is 0 Å². The minimum atomic E-state index is 0.477. The molecule has 0 aliphatic heterocycles. The van der Waals surface area contributed by atoms with E-state index in [0.29, 0.717) is 5.92 Å². The molecular weight excluding hydrogens is 625 g/mol. The van der Waals surface area contributed by atoms with Gasteiger partial charge < -0.3 is 9.13 Å². The average Bonchev–Trinajstić information content (AvgIpc) is 3.81. The lowest BCUT2D eigenvalue weighted by Crippen LogP contribution is -2.08. The Labute approximate surface area is 293 Å². The number of hydrogen-bond donors (Lipinski definition) is 0. The van der Waals surface area contributed by atoms with Crippen molar-refractivity contribution >= 4 is 81.1 Å². The van der Waals surface area contributed by atoms with Crippen molar-refractivity contribution in [2.45, 2.75) is 13.3 Å². The highest BCUT2D eigenvalue weighted by molar-refractivity contribution is 7.26. The first-order valence-electron chi connectivity index (χ1n) is 17.5. The maximum Gasteiger partial charge on any atom is 0.0637 e. The fraction of sp³-hybridized carbons (Fsp3) is 0.0638. The highest BCUT2D eigenvalue weighted by atomic mass is 32.1. The zero-order valence-corrected chi connectivity index (χ0v) is 28.4. The molecule has 1 aliphatic rings. The molecule has 0 fully saturated rings. The van der Waals surface area contributed by atoms with Crippen molar-refractivity contribution in [1.29, 1.82) is 0 Å². The normalized spacial score (nSPS) is 14.5. The van der Waals surface area contributed by atoms with Crippen molar-refractivity contribution in [2.24, 2.45) is 5.92 Å². The summed E-state index contributed by atoms with van der Waals surface area (Å²) in [7, 11) is 0. The summed E-state index contributed by atoms with van der Waals surface area (Å²) in [6.07, 6.45) is 5.81. The SMILES string of the molecule is CC1C=Cc2c(n(-c3ccccc3)c3c2c(-c2ccc4c(c2)c2ccccc2n4-c2ccc4ccccc4c2)cc2sc4ccccc4c23)C1. The Morgan fingerprint density at radius 1 is 0.560 bits per heavy atom. The summed E-state index contributed by atoms with van der Waals surface area (Å²) < 4.78 is 7.68. The van der Waals surface area contributed by atoms with Gasteiger partial charge in [0.1, 0.15) is 0 Å². The van der Waals surface area contributed by atoms with Crippen LogP contribution in [0.4, 0.5) is 0 Å². The van der Waals surface area contributed by atoms with E-state index in [-0.39, 0.29) is 0 Å². The number of fused-ring (bicyclic) bond motifs is 11. The Kier molecular flexibility index (Phi) is 5.90. The van der Waals surface area contributed by atoms with Gasteiger partial charge in [-0.05, 0) is 88.8 Å². The second-order valence-corrected chi connectivity index (χ2v) is 14.9. The Hall–Kier alpha value is -5.90. The highest BCUT2D eigenvalue weighted by Gasteiger charge is 2.27. The second kappa shape index (κ2) is 10.5. The molecule has 0 saturated carbocycles. The van der Waals surface area contributed by atoms with Gasteiger partial charge in [-0.15, -0.1) is 11.3 Å². The highest BCUT2D eigenvalue weighted by Crippen LogP contribution is 2.48. The largest absolute Gasteiger partial charge is 0.312 e. The van der Waals surface area contributed by atoms with Crippen molar-refractivity contribution in [3.63, 3.8) is 0 Å². The van der Waals surface area contributed by atoms with Crippen LogP contribution in [-0.4, -0.2) is 9.13 Å². The van der Waals surface area contributed by atoms with Gasteiger partial charge in [0.15, 0.2) is 0 Å². The smallest absolute Gasteiger partial charge is 0.0637 e. The summed E-state index contributed by atoms with van der Waals surface area (Å²) in [5.74, 6) is 0.477. The zero-order valence-electron chi connectivity index (χ0n) is 27.6.